The molecule has 128 valence electrons. The molecule has 0 aliphatic heterocycles. The summed E-state index contributed by atoms with van der Waals surface area (Å²) in [6.07, 6.45) is 0.696. The van der Waals surface area contributed by atoms with Crippen LogP contribution in [0.15, 0.2) is 46.9 Å². The SMILES string of the molecule is COc1ccc(CCNC(=O)COc2ccccc2Br)cc1OC. The molecular weight excluding hydrogens is 374 g/mol. The van der Waals surface area contributed by atoms with E-state index in [2.05, 4.69) is 21.2 Å². The van der Waals surface area contributed by atoms with E-state index in [4.69, 9.17) is 14.2 Å². The van der Waals surface area contributed by atoms with Gasteiger partial charge in [-0.15, -0.1) is 0 Å². The first-order chi connectivity index (χ1) is 11.6. The minimum atomic E-state index is -0.161. The molecule has 2 aromatic rings. The van der Waals surface area contributed by atoms with E-state index in [1.807, 2.05) is 36.4 Å². The Morgan fingerprint density at radius 3 is 2.50 bits per heavy atom. The summed E-state index contributed by atoms with van der Waals surface area (Å²) in [7, 11) is 3.20. The molecule has 0 radical (unpaired) electrons. The molecule has 0 aromatic heterocycles. The van der Waals surface area contributed by atoms with Crippen molar-refractivity contribution in [2.45, 2.75) is 6.42 Å². The second-order valence-corrected chi connectivity index (χ2v) is 5.86. The zero-order valence-electron chi connectivity index (χ0n) is 13.7. The highest BCUT2D eigenvalue weighted by Crippen LogP contribution is 2.27. The van der Waals surface area contributed by atoms with Gasteiger partial charge in [-0.05, 0) is 52.2 Å². The summed E-state index contributed by atoms with van der Waals surface area (Å²) in [6.45, 7) is 0.502. The summed E-state index contributed by atoms with van der Waals surface area (Å²) < 4.78 is 16.8. The summed E-state index contributed by atoms with van der Waals surface area (Å²) in [5.74, 6) is 1.85. The summed E-state index contributed by atoms with van der Waals surface area (Å²) in [6, 6.07) is 13.1. The largest absolute Gasteiger partial charge is 0.493 e. The van der Waals surface area contributed by atoms with Gasteiger partial charge in [-0.25, -0.2) is 0 Å². The third-order valence-corrected chi connectivity index (χ3v) is 4.03. The Balaban J connectivity index is 1.77. The fourth-order valence-electron chi connectivity index (χ4n) is 2.14. The van der Waals surface area contributed by atoms with Crippen molar-refractivity contribution in [2.75, 3.05) is 27.4 Å². The number of carbonyl (C=O) groups is 1. The molecule has 0 fully saturated rings. The molecular formula is C18H20BrNO4. The molecule has 0 atom stereocenters. The molecule has 2 rings (SSSR count). The van der Waals surface area contributed by atoms with Crippen LogP contribution < -0.4 is 19.5 Å². The van der Waals surface area contributed by atoms with Crippen molar-refractivity contribution < 1.29 is 19.0 Å². The number of para-hydroxylation sites is 1. The number of hydrogen-bond donors (Lipinski definition) is 1. The lowest BCUT2D eigenvalue weighted by atomic mass is 10.1. The second-order valence-electron chi connectivity index (χ2n) is 5.01. The first-order valence-electron chi connectivity index (χ1n) is 7.49. The van der Waals surface area contributed by atoms with E-state index in [0.29, 0.717) is 30.2 Å². The van der Waals surface area contributed by atoms with Crippen molar-refractivity contribution in [1.82, 2.24) is 5.32 Å². The topological polar surface area (TPSA) is 56.8 Å². The zero-order chi connectivity index (χ0) is 17.4. The maximum atomic E-state index is 11.8. The molecule has 0 aliphatic rings. The van der Waals surface area contributed by atoms with Crippen LogP contribution >= 0.6 is 15.9 Å². The van der Waals surface area contributed by atoms with Crippen LogP contribution in [0, 0.1) is 0 Å². The molecule has 0 aliphatic carbocycles. The molecule has 0 bridgehead atoms. The minimum absolute atomic E-state index is 0.0193. The summed E-state index contributed by atoms with van der Waals surface area (Å²) >= 11 is 3.38. The Morgan fingerprint density at radius 1 is 1.04 bits per heavy atom. The van der Waals surface area contributed by atoms with Gasteiger partial charge in [0.1, 0.15) is 5.75 Å². The van der Waals surface area contributed by atoms with Crippen molar-refractivity contribution in [3.8, 4) is 17.2 Å². The number of carbonyl (C=O) groups excluding carboxylic acids is 1. The highest BCUT2D eigenvalue weighted by atomic mass is 79.9. The lowest BCUT2D eigenvalue weighted by Crippen LogP contribution is -2.30. The third kappa shape index (κ3) is 5.16. The van der Waals surface area contributed by atoms with Crippen molar-refractivity contribution in [1.29, 1.82) is 0 Å². The highest BCUT2D eigenvalue weighted by molar-refractivity contribution is 9.10. The lowest BCUT2D eigenvalue weighted by Gasteiger charge is -2.11. The number of ether oxygens (including phenoxy) is 3. The molecule has 6 heteroatoms. The quantitative estimate of drug-likeness (QED) is 0.747. The van der Waals surface area contributed by atoms with Gasteiger partial charge >= 0.3 is 0 Å². The van der Waals surface area contributed by atoms with Crippen LogP contribution in [0.5, 0.6) is 17.2 Å². The van der Waals surface area contributed by atoms with Gasteiger partial charge < -0.3 is 19.5 Å². The number of hydrogen-bond acceptors (Lipinski definition) is 4. The molecule has 0 saturated heterocycles. The Hall–Kier alpha value is -2.21. The molecule has 1 amide bonds. The average molecular weight is 394 g/mol. The number of benzene rings is 2. The zero-order valence-corrected chi connectivity index (χ0v) is 15.3. The van der Waals surface area contributed by atoms with E-state index in [-0.39, 0.29) is 12.5 Å². The molecule has 1 N–H and O–H groups in total. The second kappa shape index (κ2) is 9.17. The van der Waals surface area contributed by atoms with Crippen molar-refractivity contribution in [2.24, 2.45) is 0 Å². The van der Waals surface area contributed by atoms with E-state index in [1.165, 1.54) is 0 Å². The maximum absolute atomic E-state index is 11.8. The molecule has 0 spiro atoms. The van der Waals surface area contributed by atoms with Gasteiger partial charge in [-0.2, -0.15) is 0 Å². The van der Waals surface area contributed by atoms with E-state index in [0.717, 1.165) is 10.0 Å². The van der Waals surface area contributed by atoms with E-state index < -0.39 is 0 Å². The van der Waals surface area contributed by atoms with Gasteiger partial charge in [0.05, 0.1) is 18.7 Å². The van der Waals surface area contributed by atoms with E-state index >= 15 is 0 Å². The monoisotopic (exact) mass is 393 g/mol. The van der Waals surface area contributed by atoms with Crippen LogP contribution in [0.1, 0.15) is 5.56 Å². The van der Waals surface area contributed by atoms with Crippen molar-refractivity contribution in [3.63, 3.8) is 0 Å². The number of halogens is 1. The fourth-order valence-corrected chi connectivity index (χ4v) is 2.54. The third-order valence-electron chi connectivity index (χ3n) is 3.38. The van der Waals surface area contributed by atoms with Crippen LogP contribution in [-0.4, -0.2) is 33.3 Å². The Labute approximate surface area is 150 Å². The first kappa shape index (κ1) is 18.1. The van der Waals surface area contributed by atoms with Gasteiger partial charge in [0, 0.05) is 6.54 Å². The standard InChI is InChI=1S/C18H20BrNO4/c1-22-16-8-7-13(11-17(16)23-2)9-10-20-18(21)12-24-15-6-4-3-5-14(15)19/h3-8,11H,9-10,12H2,1-2H3,(H,20,21). The van der Waals surface area contributed by atoms with Crippen LogP contribution in [0.25, 0.3) is 0 Å². The highest BCUT2D eigenvalue weighted by Gasteiger charge is 2.07. The van der Waals surface area contributed by atoms with Gasteiger partial charge in [0.15, 0.2) is 18.1 Å². The Bertz CT molecular complexity index is 690. The van der Waals surface area contributed by atoms with Gasteiger partial charge in [0.2, 0.25) is 0 Å². The lowest BCUT2D eigenvalue weighted by molar-refractivity contribution is -0.123. The molecule has 0 unspecified atom stereocenters. The van der Waals surface area contributed by atoms with Crippen LogP contribution in [0.3, 0.4) is 0 Å². The van der Waals surface area contributed by atoms with Crippen LogP contribution in [-0.2, 0) is 11.2 Å². The molecule has 0 heterocycles. The van der Waals surface area contributed by atoms with E-state index in [1.54, 1.807) is 20.3 Å². The first-order valence-corrected chi connectivity index (χ1v) is 8.28. The average Bonchev–Trinajstić information content (AvgIpc) is 2.61. The summed E-state index contributed by atoms with van der Waals surface area (Å²) in [5.41, 5.74) is 1.06. The summed E-state index contributed by atoms with van der Waals surface area (Å²) in [5, 5.41) is 2.84. The number of methoxy groups -OCH3 is 2. The number of amides is 1. The molecule has 5 nitrogen and oxygen atoms in total. The molecule has 0 saturated carbocycles. The predicted octanol–water partition coefficient (Wildman–Crippen LogP) is 3.20. The Morgan fingerprint density at radius 2 is 1.79 bits per heavy atom. The Kier molecular flexibility index (Phi) is 6.93. The smallest absolute Gasteiger partial charge is 0.257 e. The predicted molar refractivity (Wildman–Crippen MR) is 95.9 cm³/mol. The van der Waals surface area contributed by atoms with Crippen LogP contribution in [0.2, 0.25) is 0 Å². The van der Waals surface area contributed by atoms with Crippen molar-refractivity contribution >= 4 is 21.8 Å². The van der Waals surface area contributed by atoms with Crippen LogP contribution in [0.4, 0.5) is 0 Å². The van der Waals surface area contributed by atoms with Gasteiger partial charge in [0.25, 0.3) is 5.91 Å². The van der Waals surface area contributed by atoms with Gasteiger partial charge in [-0.3, -0.25) is 4.79 Å². The number of nitrogens with one attached hydrogen (secondary N) is 1. The molecule has 24 heavy (non-hydrogen) atoms. The molecule has 2 aromatic carbocycles. The summed E-state index contributed by atoms with van der Waals surface area (Å²) in [4.78, 5) is 11.8. The minimum Gasteiger partial charge on any atom is -0.493 e. The van der Waals surface area contributed by atoms with Crippen molar-refractivity contribution in [3.05, 3.63) is 52.5 Å². The number of rotatable bonds is 8. The van der Waals surface area contributed by atoms with Gasteiger partial charge in [-0.1, -0.05) is 18.2 Å². The maximum Gasteiger partial charge on any atom is 0.257 e. The fraction of sp³-hybridized carbons (Fsp3) is 0.278. The normalized spacial score (nSPS) is 10.1. The van der Waals surface area contributed by atoms with E-state index in [9.17, 15) is 4.79 Å².